The van der Waals surface area contributed by atoms with Crippen LogP contribution in [0.25, 0.3) is 0 Å². The minimum Gasteiger partial charge on any atom is -0.478 e. The zero-order chi connectivity index (χ0) is 20.0. The molecule has 1 N–H and O–H groups in total. The standard InChI is InChI=1S/C22H34FN3O2/c1-3-19(28-20-10-6-5-9-18(20)23)21(27)24-17-22(11-7-4-8-12-22)26-15-13-25(2)14-16-26/h5-6,9-10,19H,3-4,7-8,11-17H2,1-2H3,(H,24,27). The molecule has 1 saturated carbocycles. The van der Waals surface area contributed by atoms with Crippen LogP contribution < -0.4 is 10.1 Å². The van der Waals surface area contributed by atoms with Gasteiger partial charge in [0.2, 0.25) is 0 Å². The van der Waals surface area contributed by atoms with Gasteiger partial charge in [0.1, 0.15) is 0 Å². The van der Waals surface area contributed by atoms with Crippen LogP contribution in [-0.2, 0) is 4.79 Å². The molecule has 1 unspecified atom stereocenters. The van der Waals surface area contributed by atoms with Gasteiger partial charge in [-0.15, -0.1) is 0 Å². The third-order valence-corrected chi connectivity index (χ3v) is 6.32. The molecule has 1 amide bonds. The van der Waals surface area contributed by atoms with Crippen molar-refractivity contribution in [3.05, 3.63) is 30.1 Å². The van der Waals surface area contributed by atoms with Gasteiger partial charge in [-0.05, 0) is 38.4 Å². The SMILES string of the molecule is CCC(Oc1ccccc1F)C(=O)NCC1(N2CCN(C)CC2)CCCCC1. The molecule has 0 spiro atoms. The number of piperazine rings is 1. The lowest BCUT2D eigenvalue weighted by Gasteiger charge is -2.49. The highest BCUT2D eigenvalue weighted by Crippen LogP contribution is 2.34. The van der Waals surface area contributed by atoms with Gasteiger partial charge >= 0.3 is 0 Å². The van der Waals surface area contributed by atoms with Gasteiger partial charge in [0, 0.05) is 38.3 Å². The molecule has 0 aromatic heterocycles. The summed E-state index contributed by atoms with van der Waals surface area (Å²) in [6.07, 6.45) is 5.78. The molecular formula is C22H34FN3O2. The minimum absolute atomic E-state index is 0.0471. The monoisotopic (exact) mass is 391 g/mol. The predicted molar refractivity (Wildman–Crippen MR) is 109 cm³/mol. The molecule has 1 aliphatic carbocycles. The summed E-state index contributed by atoms with van der Waals surface area (Å²) in [5.41, 5.74) is 0.0471. The molecule has 5 nitrogen and oxygen atoms in total. The van der Waals surface area contributed by atoms with Crippen molar-refractivity contribution in [2.45, 2.75) is 57.1 Å². The number of rotatable bonds is 7. The van der Waals surface area contributed by atoms with Crippen molar-refractivity contribution >= 4 is 5.91 Å². The van der Waals surface area contributed by atoms with E-state index in [0.29, 0.717) is 13.0 Å². The number of nitrogens with one attached hydrogen (secondary N) is 1. The van der Waals surface area contributed by atoms with Crippen LogP contribution in [0.2, 0.25) is 0 Å². The van der Waals surface area contributed by atoms with E-state index in [1.54, 1.807) is 18.2 Å². The van der Waals surface area contributed by atoms with Crippen LogP contribution in [0.1, 0.15) is 45.4 Å². The minimum atomic E-state index is -0.676. The Balaban J connectivity index is 1.63. The van der Waals surface area contributed by atoms with Gasteiger partial charge in [-0.2, -0.15) is 0 Å². The van der Waals surface area contributed by atoms with Crippen molar-refractivity contribution < 1.29 is 13.9 Å². The first-order valence-electron chi connectivity index (χ1n) is 10.7. The Morgan fingerprint density at radius 3 is 2.50 bits per heavy atom. The molecule has 2 aliphatic rings. The first-order chi connectivity index (χ1) is 13.5. The second kappa shape index (κ2) is 9.70. The summed E-state index contributed by atoms with van der Waals surface area (Å²) < 4.78 is 19.6. The van der Waals surface area contributed by atoms with E-state index in [1.165, 1.54) is 25.3 Å². The van der Waals surface area contributed by atoms with E-state index in [0.717, 1.165) is 39.0 Å². The number of amides is 1. The number of para-hydroxylation sites is 1. The predicted octanol–water partition coefficient (Wildman–Crippen LogP) is 3.05. The van der Waals surface area contributed by atoms with E-state index in [2.05, 4.69) is 22.2 Å². The highest BCUT2D eigenvalue weighted by molar-refractivity contribution is 5.81. The summed E-state index contributed by atoms with van der Waals surface area (Å²) in [6, 6.07) is 6.25. The number of halogens is 1. The van der Waals surface area contributed by atoms with Crippen molar-refractivity contribution in [3.63, 3.8) is 0 Å². The van der Waals surface area contributed by atoms with E-state index in [9.17, 15) is 9.18 Å². The lowest BCUT2D eigenvalue weighted by Crippen LogP contribution is -2.62. The zero-order valence-corrected chi connectivity index (χ0v) is 17.3. The van der Waals surface area contributed by atoms with E-state index < -0.39 is 11.9 Å². The van der Waals surface area contributed by atoms with Crippen molar-refractivity contribution in [1.82, 2.24) is 15.1 Å². The molecule has 1 aromatic carbocycles. The topological polar surface area (TPSA) is 44.8 Å². The fourth-order valence-electron chi connectivity index (χ4n) is 4.48. The first-order valence-corrected chi connectivity index (χ1v) is 10.7. The third kappa shape index (κ3) is 5.03. The number of ether oxygens (including phenoxy) is 1. The first kappa shape index (κ1) is 21.1. The van der Waals surface area contributed by atoms with Gasteiger partial charge in [-0.1, -0.05) is 38.3 Å². The highest BCUT2D eigenvalue weighted by Gasteiger charge is 2.39. The Morgan fingerprint density at radius 1 is 1.18 bits per heavy atom. The number of nitrogens with zero attached hydrogens (tertiary/aromatic N) is 2. The lowest BCUT2D eigenvalue weighted by atomic mass is 9.79. The number of carbonyl (C=O) groups is 1. The molecule has 0 bridgehead atoms. The number of likely N-dealkylation sites (N-methyl/N-ethyl adjacent to an activating group) is 1. The van der Waals surface area contributed by atoms with E-state index >= 15 is 0 Å². The Morgan fingerprint density at radius 2 is 1.86 bits per heavy atom. The molecule has 6 heteroatoms. The summed E-state index contributed by atoms with van der Waals surface area (Å²) in [5, 5.41) is 3.15. The smallest absolute Gasteiger partial charge is 0.261 e. The van der Waals surface area contributed by atoms with Crippen LogP contribution in [0.5, 0.6) is 5.75 Å². The summed E-state index contributed by atoms with van der Waals surface area (Å²) in [6.45, 7) is 6.78. The van der Waals surface area contributed by atoms with Crippen molar-refractivity contribution in [2.24, 2.45) is 0 Å². The molecule has 1 saturated heterocycles. The number of carbonyl (C=O) groups excluding carboxylic acids is 1. The van der Waals surface area contributed by atoms with Gasteiger partial charge in [-0.3, -0.25) is 9.69 Å². The molecule has 3 rings (SSSR count). The van der Waals surface area contributed by atoms with E-state index in [4.69, 9.17) is 4.74 Å². The van der Waals surface area contributed by atoms with Crippen molar-refractivity contribution in [2.75, 3.05) is 39.8 Å². The lowest BCUT2D eigenvalue weighted by molar-refractivity contribution is -0.129. The number of hydrogen-bond acceptors (Lipinski definition) is 4. The molecule has 2 fully saturated rings. The average molecular weight is 392 g/mol. The Kier molecular flexibility index (Phi) is 7.30. The van der Waals surface area contributed by atoms with E-state index in [1.807, 2.05) is 6.92 Å². The second-order valence-corrected chi connectivity index (χ2v) is 8.24. The quantitative estimate of drug-likeness (QED) is 0.776. The molecule has 28 heavy (non-hydrogen) atoms. The normalized spacial score (nSPS) is 21.8. The molecule has 1 aliphatic heterocycles. The summed E-state index contributed by atoms with van der Waals surface area (Å²) in [7, 11) is 2.17. The van der Waals surface area contributed by atoms with Crippen LogP contribution >= 0.6 is 0 Å². The van der Waals surface area contributed by atoms with Gasteiger partial charge in [0.25, 0.3) is 5.91 Å². The fourth-order valence-corrected chi connectivity index (χ4v) is 4.48. The van der Waals surface area contributed by atoms with Gasteiger partial charge in [0.15, 0.2) is 17.7 Å². The molecular weight excluding hydrogens is 357 g/mol. The third-order valence-electron chi connectivity index (χ3n) is 6.32. The summed E-state index contributed by atoms with van der Waals surface area (Å²) in [4.78, 5) is 17.8. The number of benzene rings is 1. The van der Waals surface area contributed by atoms with Gasteiger partial charge in [0.05, 0.1) is 0 Å². The number of hydrogen-bond donors (Lipinski definition) is 1. The Labute approximate surface area is 168 Å². The molecule has 156 valence electrons. The zero-order valence-electron chi connectivity index (χ0n) is 17.3. The van der Waals surface area contributed by atoms with E-state index in [-0.39, 0.29) is 17.2 Å². The maximum atomic E-state index is 13.9. The van der Waals surface area contributed by atoms with Gasteiger partial charge < -0.3 is 15.0 Å². The van der Waals surface area contributed by atoms with Crippen LogP contribution in [0.15, 0.2) is 24.3 Å². The summed E-state index contributed by atoms with van der Waals surface area (Å²) >= 11 is 0. The Hall–Kier alpha value is -1.66. The largest absolute Gasteiger partial charge is 0.478 e. The Bertz CT molecular complexity index is 640. The highest BCUT2D eigenvalue weighted by atomic mass is 19.1. The fraction of sp³-hybridized carbons (Fsp3) is 0.682. The van der Waals surface area contributed by atoms with Crippen LogP contribution in [-0.4, -0.2) is 67.1 Å². The maximum absolute atomic E-state index is 13.9. The van der Waals surface area contributed by atoms with Crippen LogP contribution in [0, 0.1) is 5.82 Å². The molecule has 1 heterocycles. The molecule has 1 aromatic rings. The maximum Gasteiger partial charge on any atom is 0.261 e. The average Bonchev–Trinajstić information content (AvgIpc) is 2.72. The molecule has 0 radical (unpaired) electrons. The second-order valence-electron chi connectivity index (χ2n) is 8.24. The van der Waals surface area contributed by atoms with Gasteiger partial charge in [-0.25, -0.2) is 4.39 Å². The molecule has 1 atom stereocenters. The van der Waals surface area contributed by atoms with Crippen LogP contribution in [0.3, 0.4) is 0 Å². The van der Waals surface area contributed by atoms with Crippen LogP contribution in [0.4, 0.5) is 4.39 Å². The van der Waals surface area contributed by atoms with Crippen molar-refractivity contribution in [3.8, 4) is 5.75 Å². The summed E-state index contributed by atoms with van der Waals surface area (Å²) in [5.74, 6) is -0.448. The van der Waals surface area contributed by atoms with Crippen molar-refractivity contribution in [1.29, 1.82) is 0 Å².